The Morgan fingerprint density at radius 2 is 1.52 bits per heavy atom. The minimum Gasteiger partial charge on any atom is -0.466 e. The number of hydrogen-bond acceptors (Lipinski definition) is 4. The van der Waals surface area contributed by atoms with Gasteiger partial charge in [0.25, 0.3) is 11.8 Å². The van der Waals surface area contributed by atoms with Crippen molar-refractivity contribution in [1.82, 2.24) is 4.90 Å². The first-order chi connectivity index (χ1) is 13.9. The van der Waals surface area contributed by atoms with Crippen molar-refractivity contribution in [2.75, 3.05) is 7.11 Å². The van der Waals surface area contributed by atoms with Gasteiger partial charge in [-0.15, -0.1) is 0 Å². The first-order valence-electron chi connectivity index (χ1n) is 8.86. The summed E-state index contributed by atoms with van der Waals surface area (Å²) < 4.78 is 4.81. The van der Waals surface area contributed by atoms with E-state index >= 15 is 0 Å². The fourth-order valence-electron chi connectivity index (χ4n) is 3.68. The first-order valence-corrected chi connectivity index (χ1v) is 9.24. The molecule has 29 heavy (non-hydrogen) atoms. The summed E-state index contributed by atoms with van der Waals surface area (Å²) in [4.78, 5) is 40.2. The molecule has 3 aromatic rings. The number of hydrogen-bond donors (Lipinski definition) is 0. The lowest BCUT2D eigenvalue weighted by molar-refractivity contribution is -0.136. The lowest BCUT2D eigenvalue weighted by Crippen LogP contribution is -2.44. The Morgan fingerprint density at radius 3 is 2.03 bits per heavy atom. The van der Waals surface area contributed by atoms with E-state index in [0.717, 1.165) is 10.3 Å². The van der Waals surface area contributed by atoms with Gasteiger partial charge in [-0.05, 0) is 35.2 Å². The van der Waals surface area contributed by atoms with Gasteiger partial charge in [-0.3, -0.25) is 14.5 Å². The van der Waals surface area contributed by atoms with Gasteiger partial charge in [-0.1, -0.05) is 54.6 Å². The minimum atomic E-state index is -1.02. The summed E-state index contributed by atoms with van der Waals surface area (Å²) in [6, 6.07) is 16.1. The van der Waals surface area contributed by atoms with Crippen LogP contribution in [0.5, 0.6) is 0 Å². The van der Waals surface area contributed by atoms with Gasteiger partial charge in [0, 0.05) is 21.5 Å². The number of nitrogens with zero attached hydrogens (tertiary/aromatic N) is 1. The third-order valence-electron chi connectivity index (χ3n) is 5.02. The van der Waals surface area contributed by atoms with E-state index in [9.17, 15) is 14.4 Å². The molecule has 0 saturated heterocycles. The maximum Gasteiger partial charge on any atom is 0.335 e. The fourth-order valence-corrected chi connectivity index (χ4v) is 3.80. The molecule has 144 valence electrons. The van der Waals surface area contributed by atoms with Crippen molar-refractivity contribution >= 4 is 40.2 Å². The van der Waals surface area contributed by atoms with Crippen LogP contribution in [0.15, 0.2) is 72.8 Å². The fraction of sp³-hybridized carbons (Fsp3) is 0.0870. The molecule has 0 N–H and O–H groups in total. The molecule has 3 aromatic carbocycles. The molecule has 0 radical (unpaired) electrons. The number of benzene rings is 3. The van der Waals surface area contributed by atoms with Gasteiger partial charge in [0.05, 0.1) is 18.7 Å². The van der Waals surface area contributed by atoms with Crippen LogP contribution in [0, 0.1) is 0 Å². The molecule has 6 heteroatoms. The monoisotopic (exact) mass is 405 g/mol. The van der Waals surface area contributed by atoms with Crippen LogP contribution in [0.3, 0.4) is 0 Å². The molecule has 1 heterocycles. The Hall–Kier alpha value is -3.44. The van der Waals surface area contributed by atoms with Crippen molar-refractivity contribution < 1.29 is 19.1 Å². The molecule has 1 atom stereocenters. The van der Waals surface area contributed by atoms with Crippen molar-refractivity contribution in [3.8, 4) is 0 Å². The van der Waals surface area contributed by atoms with Crippen molar-refractivity contribution in [3.63, 3.8) is 0 Å². The largest absolute Gasteiger partial charge is 0.466 e. The number of methoxy groups -OCH3 is 1. The SMILES string of the molecule is C=C(C(=O)OC)[C@@H](c1ccc(Cl)cc1)N1C(=O)c2cccc3cccc(c23)C1=O. The molecule has 1 aliphatic heterocycles. The predicted octanol–water partition coefficient (Wildman–Crippen LogP) is 4.56. The van der Waals surface area contributed by atoms with Gasteiger partial charge in [0.1, 0.15) is 0 Å². The molecule has 5 nitrogen and oxygen atoms in total. The highest BCUT2D eigenvalue weighted by atomic mass is 35.5. The molecule has 2 amide bonds. The average Bonchev–Trinajstić information content (AvgIpc) is 2.74. The van der Waals surface area contributed by atoms with Crippen molar-refractivity contribution in [2.45, 2.75) is 6.04 Å². The number of halogens is 1. The zero-order valence-corrected chi connectivity index (χ0v) is 16.3. The number of ether oxygens (including phenoxy) is 1. The molecule has 0 spiro atoms. The number of imide groups is 1. The summed E-state index contributed by atoms with van der Waals surface area (Å²) in [5.41, 5.74) is 1.30. The molecule has 0 aliphatic carbocycles. The van der Waals surface area contributed by atoms with Gasteiger partial charge >= 0.3 is 5.97 Å². The average molecular weight is 406 g/mol. The third-order valence-corrected chi connectivity index (χ3v) is 5.28. The molecule has 0 saturated carbocycles. The third kappa shape index (κ3) is 3.00. The first kappa shape index (κ1) is 18.9. The lowest BCUT2D eigenvalue weighted by Gasteiger charge is -2.34. The van der Waals surface area contributed by atoms with E-state index in [1.165, 1.54) is 7.11 Å². The van der Waals surface area contributed by atoms with Crippen LogP contribution in [0.2, 0.25) is 5.02 Å². The highest BCUT2D eigenvalue weighted by Crippen LogP contribution is 2.37. The van der Waals surface area contributed by atoms with E-state index in [2.05, 4.69) is 6.58 Å². The van der Waals surface area contributed by atoms with E-state index in [4.69, 9.17) is 16.3 Å². The number of carbonyl (C=O) groups excluding carboxylic acids is 3. The summed E-state index contributed by atoms with van der Waals surface area (Å²) in [6.07, 6.45) is 0. The van der Waals surface area contributed by atoms with Gasteiger partial charge in [0.2, 0.25) is 0 Å². The Kier molecular flexibility index (Phi) is 4.68. The van der Waals surface area contributed by atoms with Crippen LogP contribution in [-0.2, 0) is 9.53 Å². The normalized spacial score (nSPS) is 14.1. The van der Waals surface area contributed by atoms with Gasteiger partial charge in [-0.2, -0.15) is 0 Å². The Balaban J connectivity index is 1.92. The quantitative estimate of drug-likeness (QED) is 0.362. The van der Waals surface area contributed by atoms with E-state index in [-0.39, 0.29) is 5.57 Å². The van der Waals surface area contributed by atoms with Crippen molar-refractivity contribution in [1.29, 1.82) is 0 Å². The molecule has 0 aromatic heterocycles. The van der Waals surface area contributed by atoms with E-state index in [0.29, 0.717) is 27.1 Å². The minimum absolute atomic E-state index is 0.0249. The smallest absolute Gasteiger partial charge is 0.335 e. The Bertz CT molecular complexity index is 1130. The molecule has 0 bridgehead atoms. The van der Waals surface area contributed by atoms with Crippen LogP contribution in [0.25, 0.3) is 10.8 Å². The number of rotatable bonds is 4. The van der Waals surface area contributed by atoms with E-state index in [1.54, 1.807) is 48.5 Å². The summed E-state index contributed by atoms with van der Waals surface area (Å²) in [5.74, 6) is -1.70. The van der Waals surface area contributed by atoms with Gasteiger partial charge in [-0.25, -0.2) is 4.79 Å². The standard InChI is InChI=1S/C23H16ClNO4/c1-13(23(28)29-2)20(15-9-11-16(24)12-10-15)25-21(26)17-7-3-5-14-6-4-8-18(19(14)17)22(25)27/h3-12,20H,1H2,2H3/t20-/m0/s1. The molecular formula is C23H16ClNO4. The lowest BCUT2D eigenvalue weighted by atomic mass is 9.90. The summed E-state index contributed by atoms with van der Waals surface area (Å²) in [7, 11) is 1.22. The van der Waals surface area contributed by atoms with Crippen LogP contribution in [-0.4, -0.2) is 29.8 Å². The molecule has 0 fully saturated rings. The number of esters is 1. The second kappa shape index (κ2) is 7.18. The van der Waals surface area contributed by atoms with Crippen LogP contribution < -0.4 is 0 Å². The molecule has 1 aliphatic rings. The van der Waals surface area contributed by atoms with Crippen molar-refractivity contribution in [3.05, 3.63) is 94.5 Å². The maximum absolute atomic E-state index is 13.4. The highest BCUT2D eigenvalue weighted by molar-refractivity contribution is 6.30. The predicted molar refractivity (Wildman–Crippen MR) is 110 cm³/mol. The van der Waals surface area contributed by atoms with E-state index < -0.39 is 23.8 Å². The Labute approximate surface area is 172 Å². The van der Waals surface area contributed by atoms with Crippen LogP contribution in [0.1, 0.15) is 32.3 Å². The summed E-state index contributed by atoms with van der Waals surface area (Å²) in [5, 5.41) is 1.90. The molecule has 0 unspecified atom stereocenters. The molecule has 4 rings (SSSR count). The second-order valence-corrected chi connectivity index (χ2v) is 7.10. The van der Waals surface area contributed by atoms with Crippen molar-refractivity contribution in [2.24, 2.45) is 0 Å². The topological polar surface area (TPSA) is 63.7 Å². The van der Waals surface area contributed by atoms with Crippen LogP contribution in [0.4, 0.5) is 0 Å². The molecular weight excluding hydrogens is 390 g/mol. The number of carbonyl (C=O) groups is 3. The summed E-state index contributed by atoms with van der Waals surface area (Å²) >= 11 is 5.99. The Morgan fingerprint density at radius 1 is 0.966 bits per heavy atom. The highest BCUT2D eigenvalue weighted by Gasteiger charge is 2.40. The zero-order valence-electron chi connectivity index (χ0n) is 15.5. The van der Waals surface area contributed by atoms with Gasteiger partial charge in [0.15, 0.2) is 0 Å². The van der Waals surface area contributed by atoms with E-state index in [1.807, 2.05) is 12.1 Å². The maximum atomic E-state index is 13.4. The summed E-state index contributed by atoms with van der Waals surface area (Å²) in [6.45, 7) is 3.82. The van der Waals surface area contributed by atoms with Crippen LogP contribution >= 0.6 is 11.6 Å². The van der Waals surface area contributed by atoms with Gasteiger partial charge < -0.3 is 4.74 Å². The number of amides is 2. The second-order valence-electron chi connectivity index (χ2n) is 6.66. The zero-order chi connectivity index (χ0) is 20.7.